The highest BCUT2D eigenvalue weighted by Gasteiger charge is 2.15. The van der Waals surface area contributed by atoms with E-state index in [0.717, 1.165) is 26.9 Å². The number of rotatable bonds is 5. The third kappa shape index (κ3) is 4.56. The molecule has 0 saturated carbocycles. The molecule has 6 heteroatoms. The highest BCUT2D eigenvalue weighted by Crippen LogP contribution is 2.25. The number of H-pyrrole nitrogens is 1. The van der Waals surface area contributed by atoms with Crippen LogP contribution in [0.5, 0.6) is 0 Å². The van der Waals surface area contributed by atoms with E-state index in [-0.39, 0.29) is 11.6 Å². The molecule has 3 aromatic rings. The van der Waals surface area contributed by atoms with Crippen LogP contribution in [0.2, 0.25) is 0 Å². The molecule has 0 fully saturated rings. The largest absolute Gasteiger partial charge is 0.345 e. The molecule has 0 aliphatic carbocycles. The first-order valence-corrected chi connectivity index (χ1v) is 9.55. The van der Waals surface area contributed by atoms with E-state index in [1.165, 1.54) is 0 Å². The summed E-state index contributed by atoms with van der Waals surface area (Å²) in [5.74, 6) is -0.418. The Balaban J connectivity index is 1.81. The van der Waals surface area contributed by atoms with Gasteiger partial charge in [0.1, 0.15) is 11.6 Å². The number of aromatic amines is 1. The molecular weight excluding hydrogens is 416 g/mol. The maximum atomic E-state index is 12.6. The minimum absolute atomic E-state index is 0.0266. The van der Waals surface area contributed by atoms with E-state index >= 15 is 0 Å². The second-order valence-electron chi connectivity index (χ2n) is 6.48. The maximum Gasteiger partial charge on any atom is 0.262 e. The molecule has 1 heterocycles. The monoisotopic (exact) mass is 434 g/mol. The zero-order valence-electron chi connectivity index (χ0n) is 15.5. The molecule has 28 heavy (non-hydrogen) atoms. The van der Waals surface area contributed by atoms with Gasteiger partial charge in [-0.1, -0.05) is 57.9 Å². The molecule has 1 atom stereocenters. The number of carbonyl (C=O) groups is 1. The van der Waals surface area contributed by atoms with Crippen LogP contribution in [-0.2, 0) is 4.79 Å². The van der Waals surface area contributed by atoms with Crippen LogP contribution in [-0.4, -0.2) is 16.1 Å². The number of hydrogen-bond donors (Lipinski definition) is 2. The summed E-state index contributed by atoms with van der Waals surface area (Å²) >= 11 is 3.41. The van der Waals surface area contributed by atoms with Crippen molar-refractivity contribution in [2.24, 2.45) is 0 Å². The topological polar surface area (TPSA) is 81.6 Å². The van der Waals surface area contributed by atoms with Gasteiger partial charge < -0.3 is 5.32 Å². The van der Waals surface area contributed by atoms with Crippen molar-refractivity contribution in [2.45, 2.75) is 19.9 Å². The Morgan fingerprint density at radius 1 is 1.21 bits per heavy atom. The first kappa shape index (κ1) is 19.6. The van der Waals surface area contributed by atoms with Gasteiger partial charge in [0.2, 0.25) is 0 Å². The Labute approximate surface area is 172 Å². The maximum absolute atomic E-state index is 12.6. The van der Waals surface area contributed by atoms with E-state index < -0.39 is 5.91 Å². The number of benzene rings is 2. The Morgan fingerprint density at radius 3 is 2.54 bits per heavy atom. The van der Waals surface area contributed by atoms with Gasteiger partial charge in [-0.2, -0.15) is 10.4 Å². The zero-order valence-corrected chi connectivity index (χ0v) is 17.1. The van der Waals surface area contributed by atoms with Gasteiger partial charge in [0.05, 0.1) is 17.9 Å². The van der Waals surface area contributed by atoms with Crippen molar-refractivity contribution in [1.82, 2.24) is 15.5 Å². The molecule has 5 nitrogen and oxygen atoms in total. The lowest BCUT2D eigenvalue weighted by Crippen LogP contribution is -2.27. The average molecular weight is 435 g/mol. The van der Waals surface area contributed by atoms with Crippen molar-refractivity contribution < 1.29 is 4.79 Å². The van der Waals surface area contributed by atoms with E-state index in [4.69, 9.17) is 0 Å². The second kappa shape index (κ2) is 8.68. The van der Waals surface area contributed by atoms with Crippen molar-refractivity contribution in [1.29, 1.82) is 5.26 Å². The number of nitrogens with zero attached hydrogens (tertiary/aromatic N) is 2. The minimum atomic E-state index is -0.418. The van der Waals surface area contributed by atoms with Crippen LogP contribution in [0.3, 0.4) is 0 Å². The summed E-state index contributed by atoms with van der Waals surface area (Å²) in [5.41, 5.74) is 4.50. The third-order valence-corrected chi connectivity index (χ3v) is 4.92. The lowest BCUT2D eigenvalue weighted by molar-refractivity contribution is -0.117. The van der Waals surface area contributed by atoms with Gasteiger partial charge in [-0.05, 0) is 37.6 Å². The van der Waals surface area contributed by atoms with Gasteiger partial charge in [-0.3, -0.25) is 9.89 Å². The summed E-state index contributed by atoms with van der Waals surface area (Å²) in [6.07, 6.45) is 3.16. The number of nitrogens with one attached hydrogen (secondary N) is 2. The highest BCUT2D eigenvalue weighted by molar-refractivity contribution is 9.10. The van der Waals surface area contributed by atoms with Crippen molar-refractivity contribution in [3.05, 3.63) is 81.5 Å². The molecule has 0 aliphatic rings. The van der Waals surface area contributed by atoms with Crippen LogP contribution in [0.4, 0.5) is 0 Å². The molecular formula is C22H19BrN4O. The Kier molecular flexibility index (Phi) is 6.07. The van der Waals surface area contributed by atoms with E-state index in [1.54, 1.807) is 12.3 Å². The number of amides is 1. The summed E-state index contributed by atoms with van der Waals surface area (Å²) in [7, 11) is 0. The van der Waals surface area contributed by atoms with E-state index in [2.05, 4.69) is 31.4 Å². The van der Waals surface area contributed by atoms with Crippen LogP contribution >= 0.6 is 15.9 Å². The van der Waals surface area contributed by atoms with Crippen LogP contribution in [0.25, 0.3) is 17.3 Å². The quantitative estimate of drug-likeness (QED) is 0.440. The Hall–Kier alpha value is -3.17. The van der Waals surface area contributed by atoms with Gasteiger partial charge in [-0.15, -0.1) is 0 Å². The summed E-state index contributed by atoms with van der Waals surface area (Å²) in [5, 5.41) is 19.4. The number of nitriles is 1. The molecule has 1 amide bonds. The van der Waals surface area contributed by atoms with Crippen LogP contribution < -0.4 is 5.32 Å². The van der Waals surface area contributed by atoms with Gasteiger partial charge >= 0.3 is 0 Å². The summed E-state index contributed by atoms with van der Waals surface area (Å²) in [6.45, 7) is 3.90. The highest BCUT2D eigenvalue weighted by atomic mass is 79.9. The smallest absolute Gasteiger partial charge is 0.262 e. The Bertz CT molecular complexity index is 1040. The first-order valence-electron chi connectivity index (χ1n) is 8.76. The number of halogens is 1. The molecule has 0 aliphatic heterocycles. The molecule has 3 rings (SSSR count). The van der Waals surface area contributed by atoms with E-state index in [9.17, 15) is 10.1 Å². The molecule has 0 saturated heterocycles. The normalized spacial score (nSPS) is 12.3. The number of aryl methyl sites for hydroxylation is 1. The lowest BCUT2D eigenvalue weighted by atomic mass is 10.0. The number of aromatic nitrogens is 2. The fourth-order valence-corrected chi connectivity index (χ4v) is 3.03. The summed E-state index contributed by atoms with van der Waals surface area (Å²) < 4.78 is 0.968. The number of hydrogen-bond acceptors (Lipinski definition) is 3. The van der Waals surface area contributed by atoms with E-state index in [1.807, 2.05) is 68.4 Å². The first-order chi connectivity index (χ1) is 13.5. The summed E-state index contributed by atoms with van der Waals surface area (Å²) in [4.78, 5) is 12.6. The fourth-order valence-electron chi connectivity index (χ4n) is 2.77. The lowest BCUT2D eigenvalue weighted by Gasteiger charge is -2.14. The van der Waals surface area contributed by atoms with Crippen molar-refractivity contribution in [3.63, 3.8) is 0 Å². The molecule has 1 aromatic heterocycles. The van der Waals surface area contributed by atoms with Gasteiger partial charge in [-0.25, -0.2) is 0 Å². The Morgan fingerprint density at radius 2 is 1.89 bits per heavy atom. The van der Waals surface area contributed by atoms with Crippen LogP contribution in [0, 0.1) is 18.3 Å². The van der Waals surface area contributed by atoms with Crippen molar-refractivity contribution >= 4 is 27.9 Å². The number of carbonyl (C=O) groups excluding carboxylic acids is 1. The molecule has 0 spiro atoms. The van der Waals surface area contributed by atoms with Crippen molar-refractivity contribution in [2.75, 3.05) is 0 Å². The summed E-state index contributed by atoms with van der Waals surface area (Å²) in [6, 6.07) is 17.4. The molecule has 0 radical (unpaired) electrons. The van der Waals surface area contributed by atoms with Gasteiger partial charge in [0, 0.05) is 15.6 Å². The van der Waals surface area contributed by atoms with E-state index in [0.29, 0.717) is 5.56 Å². The standard InChI is InChI=1S/C22H19BrN4O/c1-14-3-5-16(6-4-14)15(2)26-22(28)18(12-24)11-19-13-25-27-21(19)17-7-9-20(23)10-8-17/h3-11,13,15H,1-2H3,(H,25,27)(H,26,28). The van der Waals surface area contributed by atoms with Gasteiger partial charge in [0.25, 0.3) is 5.91 Å². The fraction of sp³-hybridized carbons (Fsp3) is 0.136. The van der Waals surface area contributed by atoms with Crippen molar-refractivity contribution in [3.8, 4) is 17.3 Å². The molecule has 0 bridgehead atoms. The second-order valence-corrected chi connectivity index (χ2v) is 7.40. The minimum Gasteiger partial charge on any atom is -0.345 e. The third-order valence-electron chi connectivity index (χ3n) is 4.39. The zero-order chi connectivity index (χ0) is 20.1. The van der Waals surface area contributed by atoms with Crippen LogP contribution in [0.15, 0.2) is 64.8 Å². The molecule has 2 aromatic carbocycles. The predicted octanol–water partition coefficient (Wildman–Crippen LogP) is 4.93. The predicted molar refractivity (Wildman–Crippen MR) is 113 cm³/mol. The SMILES string of the molecule is Cc1ccc(C(C)NC(=O)C(C#N)=Cc2cn[nH]c2-c2ccc(Br)cc2)cc1. The molecule has 2 N–H and O–H groups in total. The van der Waals surface area contributed by atoms with Crippen LogP contribution in [0.1, 0.15) is 29.7 Å². The average Bonchev–Trinajstić information content (AvgIpc) is 3.15. The molecule has 140 valence electrons. The van der Waals surface area contributed by atoms with Gasteiger partial charge in [0.15, 0.2) is 0 Å². The molecule has 1 unspecified atom stereocenters.